The highest BCUT2D eigenvalue weighted by Gasteiger charge is 2.16. The lowest BCUT2D eigenvalue weighted by atomic mass is 10.1. The SMILES string of the molecule is CNCC(Nc1ncnc2c(C(N)=O)cccc12)c1cccc(F)c1. The Morgan fingerprint density at radius 3 is 2.76 bits per heavy atom. The van der Waals surface area contributed by atoms with E-state index >= 15 is 0 Å². The average molecular weight is 339 g/mol. The highest BCUT2D eigenvalue weighted by atomic mass is 19.1. The van der Waals surface area contributed by atoms with Gasteiger partial charge in [0.05, 0.1) is 17.1 Å². The Morgan fingerprint density at radius 1 is 1.24 bits per heavy atom. The van der Waals surface area contributed by atoms with Gasteiger partial charge in [-0.25, -0.2) is 14.4 Å². The number of nitrogens with zero attached hydrogens (tertiary/aromatic N) is 2. The highest BCUT2D eigenvalue weighted by molar-refractivity contribution is 6.06. The average Bonchev–Trinajstić information content (AvgIpc) is 2.61. The number of nitrogens with one attached hydrogen (secondary N) is 2. The predicted octanol–water partition coefficient (Wildman–Crippen LogP) is 2.24. The molecule has 3 rings (SSSR count). The molecule has 25 heavy (non-hydrogen) atoms. The molecule has 4 N–H and O–H groups in total. The third kappa shape index (κ3) is 3.56. The minimum absolute atomic E-state index is 0.212. The van der Waals surface area contributed by atoms with Gasteiger partial charge in [-0.1, -0.05) is 18.2 Å². The van der Waals surface area contributed by atoms with Crippen molar-refractivity contribution in [3.63, 3.8) is 0 Å². The first-order valence-electron chi connectivity index (χ1n) is 7.80. The lowest BCUT2D eigenvalue weighted by Crippen LogP contribution is -2.24. The largest absolute Gasteiger partial charge is 0.366 e. The minimum atomic E-state index is -0.549. The van der Waals surface area contributed by atoms with Crippen LogP contribution in [-0.2, 0) is 0 Å². The quantitative estimate of drug-likeness (QED) is 0.640. The van der Waals surface area contributed by atoms with E-state index in [0.29, 0.717) is 28.8 Å². The van der Waals surface area contributed by atoms with Crippen LogP contribution < -0.4 is 16.4 Å². The summed E-state index contributed by atoms with van der Waals surface area (Å²) in [5.74, 6) is -0.297. The van der Waals surface area contributed by atoms with E-state index in [-0.39, 0.29) is 11.9 Å². The van der Waals surface area contributed by atoms with Gasteiger partial charge >= 0.3 is 0 Å². The number of halogens is 1. The van der Waals surface area contributed by atoms with Crippen LogP contribution in [0, 0.1) is 5.82 Å². The first kappa shape index (κ1) is 16.8. The van der Waals surface area contributed by atoms with E-state index in [2.05, 4.69) is 20.6 Å². The number of hydrogen-bond acceptors (Lipinski definition) is 5. The summed E-state index contributed by atoms with van der Waals surface area (Å²) in [7, 11) is 1.82. The molecular weight excluding hydrogens is 321 g/mol. The second kappa shape index (κ2) is 7.23. The number of aromatic nitrogens is 2. The molecule has 128 valence electrons. The molecule has 7 heteroatoms. The molecule has 0 radical (unpaired) electrons. The number of anilines is 1. The number of rotatable bonds is 6. The molecule has 0 aliphatic heterocycles. The number of carbonyl (C=O) groups is 1. The van der Waals surface area contributed by atoms with E-state index < -0.39 is 5.91 Å². The summed E-state index contributed by atoms with van der Waals surface area (Å²) in [4.78, 5) is 20.1. The zero-order valence-electron chi connectivity index (χ0n) is 13.7. The molecular formula is C18H18FN5O. The summed E-state index contributed by atoms with van der Waals surface area (Å²) < 4.78 is 13.6. The van der Waals surface area contributed by atoms with E-state index in [9.17, 15) is 9.18 Å². The zero-order valence-corrected chi connectivity index (χ0v) is 13.7. The first-order valence-corrected chi connectivity index (χ1v) is 7.80. The Bertz CT molecular complexity index is 915. The number of benzene rings is 2. The number of nitrogens with two attached hydrogens (primary N) is 1. The lowest BCUT2D eigenvalue weighted by Gasteiger charge is -2.20. The van der Waals surface area contributed by atoms with Gasteiger partial charge in [0, 0.05) is 11.9 Å². The van der Waals surface area contributed by atoms with Crippen molar-refractivity contribution in [2.45, 2.75) is 6.04 Å². The molecule has 1 unspecified atom stereocenters. The molecule has 0 spiro atoms. The monoisotopic (exact) mass is 339 g/mol. The van der Waals surface area contributed by atoms with Crippen LogP contribution in [0.25, 0.3) is 10.9 Å². The predicted molar refractivity (Wildman–Crippen MR) is 94.7 cm³/mol. The van der Waals surface area contributed by atoms with Crippen molar-refractivity contribution in [3.8, 4) is 0 Å². The second-order valence-corrected chi connectivity index (χ2v) is 5.60. The topological polar surface area (TPSA) is 92.9 Å². The van der Waals surface area contributed by atoms with Gasteiger partial charge in [-0.3, -0.25) is 4.79 Å². The Morgan fingerprint density at radius 2 is 2.04 bits per heavy atom. The van der Waals surface area contributed by atoms with Crippen molar-refractivity contribution in [3.05, 3.63) is 65.7 Å². The zero-order chi connectivity index (χ0) is 17.8. The Hall–Kier alpha value is -3.06. The molecule has 6 nitrogen and oxygen atoms in total. The van der Waals surface area contributed by atoms with Gasteiger partial charge in [0.2, 0.25) is 0 Å². The minimum Gasteiger partial charge on any atom is -0.366 e. The maximum Gasteiger partial charge on any atom is 0.250 e. The molecule has 1 aromatic heterocycles. The van der Waals surface area contributed by atoms with E-state index in [1.807, 2.05) is 19.2 Å². The van der Waals surface area contributed by atoms with Gasteiger partial charge in [0.25, 0.3) is 5.91 Å². The summed E-state index contributed by atoms with van der Waals surface area (Å²) in [5, 5.41) is 7.06. The molecule has 0 aliphatic rings. The first-order chi connectivity index (χ1) is 12.1. The summed E-state index contributed by atoms with van der Waals surface area (Å²) >= 11 is 0. The van der Waals surface area contributed by atoms with Crippen LogP contribution in [-0.4, -0.2) is 29.5 Å². The Labute approximate surface area is 144 Å². The third-order valence-corrected chi connectivity index (χ3v) is 3.90. The van der Waals surface area contributed by atoms with Crippen LogP contribution in [0.1, 0.15) is 22.0 Å². The van der Waals surface area contributed by atoms with Gasteiger partial charge in [0.15, 0.2) is 0 Å². The van der Waals surface area contributed by atoms with Crippen molar-refractivity contribution in [2.24, 2.45) is 5.73 Å². The van der Waals surface area contributed by atoms with E-state index in [4.69, 9.17) is 5.73 Å². The molecule has 1 amide bonds. The van der Waals surface area contributed by atoms with E-state index in [0.717, 1.165) is 5.56 Å². The highest BCUT2D eigenvalue weighted by Crippen LogP contribution is 2.26. The van der Waals surface area contributed by atoms with Crippen LogP contribution in [0.2, 0.25) is 0 Å². The lowest BCUT2D eigenvalue weighted by molar-refractivity contribution is 0.100. The van der Waals surface area contributed by atoms with Crippen LogP contribution in [0.3, 0.4) is 0 Å². The van der Waals surface area contributed by atoms with E-state index in [1.54, 1.807) is 18.2 Å². The molecule has 3 aromatic rings. The fourth-order valence-electron chi connectivity index (χ4n) is 2.75. The van der Waals surface area contributed by atoms with Crippen LogP contribution in [0.15, 0.2) is 48.8 Å². The molecule has 2 aromatic carbocycles. The number of likely N-dealkylation sites (N-methyl/N-ethyl adjacent to an activating group) is 1. The maximum absolute atomic E-state index is 13.6. The van der Waals surface area contributed by atoms with Gasteiger partial charge < -0.3 is 16.4 Å². The number of hydrogen-bond donors (Lipinski definition) is 3. The van der Waals surface area contributed by atoms with Crippen LogP contribution in [0.5, 0.6) is 0 Å². The number of primary amides is 1. The smallest absolute Gasteiger partial charge is 0.250 e. The van der Waals surface area contributed by atoms with Crippen molar-refractivity contribution in [2.75, 3.05) is 18.9 Å². The van der Waals surface area contributed by atoms with Crippen molar-refractivity contribution in [1.29, 1.82) is 0 Å². The Balaban J connectivity index is 2.03. The molecule has 1 heterocycles. The summed E-state index contributed by atoms with van der Waals surface area (Å²) in [6, 6.07) is 11.3. The number of carbonyl (C=O) groups excluding carboxylic acids is 1. The van der Waals surface area contributed by atoms with Gasteiger partial charge in [-0.15, -0.1) is 0 Å². The molecule has 0 bridgehead atoms. The van der Waals surface area contributed by atoms with Crippen LogP contribution >= 0.6 is 0 Å². The van der Waals surface area contributed by atoms with Crippen molar-refractivity contribution < 1.29 is 9.18 Å². The molecule has 1 atom stereocenters. The molecule has 0 saturated carbocycles. The molecule has 0 fully saturated rings. The summed E-state index contributed by atoms with van der Waals surface area (Å²) in [6.45, 7) is 0.560. The second-order valence-electron chi connectivity index (χ2n) is 5.60. The number of para-hydroxylation sites is 1. The summed E-state index contributed by atoms with van der Waals surface area (Å²) in [6.07, 6.45) is 1.37. The fourth-order valence-corrected chi connectivity index (χ4v) is 2.75. The maximum atomic E-state index is 13.6. The number of fused-ring (bicyclic) bond motifs is 1. The Kier molecular flexibility index (Phi) is 4.85. The molecule has 0 aliphatic carbocycles. The standard InChI is InChI=1S/C18H18FN5O/c1-21-9-15(11-4-2-5-12(19)8-11)24-18-14-7-3-6-13(17(20)25)16(14)22-10-23-18/h2-8,10,15,21H,9H2,1H3,(H2,20,25)(H,22,23,24). The van der Waals surface area contributed by atoms with Gasteiger partial charge in [-0.05, 0) is 36.9 Å². The fraction of sp³-hybridized carbons (Fsp3) is 0.167. The third-order valence-electron chi connectivity index (χ3n) is 3.90. The van der Waals surface area contributed by atoms with Gasteiger partial charge in [0.1, 0.15) is 18.0 Å². The van der Waals surface area contributed by atoms with E-state index in [1.165, 1.54) is 18.5 Å². The molecule has 0 saturated heterocycles. The van der Waals surface area contributed by atoms with Crippen LogP contribution in [0.4, 0.5) is 10.2 Å². The normalized spacial score (nSPS) is 12.1. The van der Waals surface area contributed by atoms with Crippen molar-refractivity contribution in [1.82, 2.24) is 15.3 Å². The summed E-state index contributed by atoms with van der Waals surface area (Å²) in [5.41, 5.74) is 7.01. The van der Waals surface area contributed by atoms with Crippen molar-refractivity contribution >= 4 is 22.6 Å². The number of amides is 1. The van der Waals surface area contributed by atoms with Gasteiger partial charge in [-0.2, -0.15) is 0 Å².